The Bertz CT molecular complexity index is 3390. The summed E-state index contributed by atoms with van der Waals surface area (Å²) in [6, 6.07) is -6.21. The van der Waals surface area contributed by atoms with Crippen LogP contribution in [0.1, 0.15) is 161 Å². The first-order chi connectivity index (χ1) is 47.1. The molecule has 3 heterocycles. The van der Waals surface area contributed by atoms with E-state index < -0.39 is 204 Å². The molecule has 3 aliphatic heterocycles. The maximum absolute atomic E-state index is 16.0. The fourth-order valence-electron chi connectivity index (χ4n) is 14.2. The average molecular weight is 1460 g/mol. The number of rotatable bonds is 11. The SMILES string of the molecule is CC[C@H](C)[C@@H]1NC(=O)[C@H](CC(C)C)N(C)C(=O)C[C@@H](C)N(C)C(=O)[C@H](C2CCCCC2)N(C)C(=O)C2(CCC2)NC(=O)[C@@H]2CC(F)(F)CN2C(=O)[C@H](CCc2ccc(C(F)(F)F)c(Cl)c2)NC(=O)CN(C)C(=O)[C@H](Cc2ccc(C(F)(F)F)cc2)N(CC)C(=O)[C@@H]2CCN2C(=O)[C@H](C)NC1=O. The van der Waals surface area contributed by atoms with Crippen LogP contribution in [-0.2, 0) is 77.9 Å². The minimum Gasteiger partial charge on any atom is -0.343 e. The summed E-state index contributed by atoms with van der Waals surface area (Å²) < 4.78 is 115. The highest BCUT2D eigenvalue weighted by molar-refractivity contribution is 6.31. The summed E-state index contributed by atoms with van der Waals surface area (Å²) in [5, 5.41) is 9.92. The number of carbonyl (C=O) groups is 11. The van der Waals surface area contributed by atoms with Crippen LogP contribution in [-0.4, -0.2) is 219 Å². The maximum atomic E-state index is 16.0. The Balaban J connectivity index is 1.29. The Hall–Kier alpha value is -7.66. The van der Waals surface area contributed by atoms with E-state index in [2.05, 4.69) is 21.3 Å². The van der Waals surface area contributed by atoms with Gasteiger partial charge in [-0.1, -0.05) is 83.2 Å². The molecule has 0 unspecified atom stereocenters. The van der Waals surface area contributed by atoms with Crippen LogP contribution >= 0.6 is 11.6 Å². The second-order valence-electron chi connectivity index (χ2n) is 28.5. The van der Waals surface area contributed by atoms with Crippen molar-refractivity contribution in [1.29, 1.82) is 0 Å². The minimum atomic E-state index is -4.87. The van der Waals surface area contributed by atoms with Crippen molar-refractivity contribution in [2.75, 3.05) is 54.4 Å². The van der Waals surface area contributed by atoms with E-state index in [-0.39, 0.29) is 68.7 Å². The summed E-state index contributed by atoms with van der Waals surface area (Å²) in [6.45, 7) is 9.00. The quantitative estimate of drug-likeness (QED) is 0.164. The van der Waals surface area contributed by atoms with Crippen molar-refractivity contribution in [2.24, 2.45) is 17.8 Å². The number of nitrogens with one attached hydrogen (secondary N) is 4. The second kappa shape index (κ2) is 33.2. The van der Waals surface area contributed by atoms with Crippen molar-refractivity contribution in [1.82, 2.24) is 55.6 Å². The molecule has 4 N–H and O–H groups in total. The number of nitrogens with zero attached hydrogens (tertiary/aromatic N) is 7. The highest BCUT2D eigenvalue weighted by atomic mass is 35.5. The topological polar surface area (TPSA) is 259 Å². The third-order valence-corrected chi connectivity index (χ3v) is 21.1. The van der Waals surface area contributed by atoms with Crippen molar-refractivity contribution in [3.05, 3.63) is 69.7 Å². The van der Waals surface area contributed by atoms with Crippen LogP contribution in [0.3, 0.4) is 0 Å². The zero-order chi connectivity index (χ0) is 75.1. The molecule has 2 aliphatic carbocycles. The van der Waals surface area contributed by atoms with Gasteiger partial charge in [0, 0.05) is 66.6 Å². The molecule has 0 radical (unpaired) electrons. The summed E-state index contributed by atoms with van der Waals surface area (Å²) in [7, 11) is 5.44. The predicted molar refractivity (Wildman–Crippen MR) is 356 cm³/mol. The van der Waals surface area contributed by atoms with Gasteiger partial charge in [0.25, 0.3) is 5.92 Å². The summed E-state index contributed by atoms with van der Waals surface area (Å²) >= 11 is 6.07. The largest absolute Gasteiger partial charge is 0.417 e. The highest BCUT2D eigenvalue weighted by Crippen LogP contribution is 2.41. The van der Waals surface area contributed by atoms with Gasteiger partial charge in [-0.05, 0) is 132 Å². The summed E-state index contributed by atoms with van der Waals surface area (Å²) in [6.07, 6.45) is -8.44. The van der Waals surface area contributed by atoms with Crippen LogP contribution in [0, 0.1) is 17.8 Å². The van der Waals surface area contributed by atoms with Crippen LogP contribution in [0.15, 0.2) is 42.5 Å². The number of carbonyl (C=O) groups excluding carboxylic acids is 11. The van der Waals surface area contributed by atoms with E-state index in [9.17, 15) is 59.9 Å². The van der Waals surface area contributed by atoms with Crippen molar-refractivity contribution in [2.45, 2.75) is 229 Å². The Morgan fingerprint density at radius 3 is 1.83 bits per heavy atom. The van der Waals surface area contributed by atoms with E-state index in [0.717, 1.165) is 59.7 Å². The molecular weight excluding hydrogens is 1360 g/mol. The minimum absolute atomic E-state index is 0.0131. The van der Waals surface area contributed by atoms with Crippen molar-refractivity contribution in [3.63, 3.8) is 0 Å². The molecule has 101 heavy (non-hydrogen) atoms. The molecule has 10 atom stereocenters. The highest BCUT2D eigenvalue weighted by Gasteiger charge is 2.56. The molecule has 560 valence electrons. The van der Waals surface area contributed by atoms with E-state index in [0.29, 0.717) is 49.5 Å². The number of hydrogen-bond donors (Lipinski definition) is 4. The first-order valence-corrected chi connectivity index (χ1v) is 35.1. The van der Waals surface area contributed by atoms with Crippen LogP contribution in [0.5, 0.6) is 0 Å². The number of fused-ring (bicyclic) bond motifs is 2. The Labute approximate surface area is 589 Å². The lowest BCUT2D eigenvalue weighted by molar-refractivity contribution is -0.158. The molecule has 1 spiro atoms. The van der Waals surface area contributed by atoms with E-state index in [1.54, 1.807) is 20.8 Å². The Kier molecular flexibility index (Phi) is 26.5. The van der Waals surface area contributed by atoms with E-state index in [4.69, 9.17) is 11.6 Å². The normalized spacial score (nSPS) is 27.2. The lowest BCUT2D eigenvalue weighted by Crippen LogP contribution is -2.68. The van der Waals surface area contributed by atoms with E-state index in [1.165, 1.54) is 54.6 Å². The number of alkyl halides is 8. The van der Waals surface area contributed by atoms with Gasteiger partial charge in [-0.25, -0.2) is 8.78 Å². The molecule has 5 fully saturated rings. The van der Waals surface area contributed by atoms with Gasteiger partial charge < -0.3 is 55.6 Å². The van der Waals surface area contributed by atoms with Crippen molar-refractivity contribution in [3.8, 4) is 0 Å². The summed E-state index contributed by atoms with van der Waals surface area (Å²) in [5.41, 5.74) is -3.82. The number of likely N-dealkylation sites (N-methyl/N-ethyl adjacent to an activating group) is 5. The fourth-order valence-corrected chi connectivity index (χ4v) is 14.5. The van der Waals surface area contributed by atoms with E-state index >= 15 is 28.0 Å². The molecule has 22 nitrogen and oxygen atoms in total. The standard InChI is InChI=1S/C70H96ClF8N11O11/c1-12-40(5)56-60(95)80-42(7)61(96)89-31-28-50(89)64(99)88(13-2)52(35-44-20-24-46(25-21-44)69(74,75)76)63(98)84(8)37-54(91)81-49(27-23-43-22-26-47(48(71)34-43)70(77,78)79)62(97)90-38-68(72,73)36-53(90)59(94)83-67(29-17-30-67)66(101)87(11)57(45-18-15-14-16-19-45)65(100)85(9)41(6)33-55(92)86(10)51(32-39(3)4)58(93)82-56/h20-22,24-26,34,39-42,45,49-53,56-57H,12-19,23,27-33,35-38H2,1-11H3,(H,80,95)(H,81,91)(H,82,93)(H,83,94)/t40-,41+,42-,49-,50-,51-,52-,53-,56-,57-/m0/s1. The lowest BCUT2D eigenvalue weighted by atomic mass is 9.74. The number of hydrogen-bond acceptors (Lipinski definition) is 11. The molecule has 2 aromatic rings. The molecule has 31 heteroatoms. The average Bonchev–Trinajstić information content (AvgIpc) is 1.73. The van der Waals surface area contributed by atoms with Gasteiger partial charge in [-0.2, -0.15) is 26.3 Å². The molecule has 2 saturated carbocycles. The zero-order valence-corrected chi connectivity index (χ0v) is 59.9. The van der Waals surface area contributed by atoms with Gasteiger partial charge in [0.2, 0.25) is 65.0 Å². The number of aryl methyl sites for hydroxylation is 1. The molecule has 7 rings (SSSR count). The molecule has 0 aromatic heterocycles. The number of benzene rings is 2. The zero-order valence-electron chi connectivity index (χ0n) is 59.1. The third-order valence-electron chi connectivity index (χ3n) is 20.8. The smallest absolute Gasteiger partial charge is 0.343 e. The van der Waals surface area contributed by atoms with Crippen LogP contribution in [0.4, 0.5) is 35.1 Å². The monoisotopic (exact) mass is 1450 g/mol. The molecule has 3 saturated heterocycles. The van der Waals surface area contributed by atoms with Crippen molar-refractivity contribution < 1.29 is 87.9 Å². The van der Waals surface area contributed by atoms with Gasteiger partial charge in [-0.15, -0.1) is 0 Å². The van der Waals surface area contributed by atoms with E-state index in [1.807, 2.05) is 13.8 Å². The molecule has 11 amide bonds. The maximum Gasteiger partial charge on any atom is 0.417 e. The van der Waals surface area contributed by atoms with Gasteiger partial charge >= 0.3 is 12.4 Å². The molecule has 2 aromatic carbocycles. The van der Waals surface area contributed by atoms with Gasteiger partial charge in [0.1, 0.15) is 53.9 Å². The van der Waals surface area contributed by atoms with Crippen molar-refractivity contribution >= 4 is 76.6 Å². The fraction of sp³-hybridized carbons (Fsp3) is 0.671. The summed E-state index contributed by atoms with van der Waals surface area (Å²) in [5.74, 6) is -14.4. The molecular formula is C70H96ClF8N11O11. The van der Waals surface area contributed by atoms with Gasteiger partial charge in [0.05, 0.1) is 29.2 Å². The lowest BCUT2D eigenvalue weighted by Gasteiger charge is -2.47. The van der Waals surface area contributed by atoms with Gasteiger partial charge in [0.15, 0.2) is 0 Å². The summed E-state index contributed by atoms with van der Waals surface area (Å²) in [4.78, 5) is 170. The Morgan fingerprint density at radius 2 is 1.29 bits per heavy atom. The number of halogens is 9. The van der Waals surface area contributed by atoms with Crippen LogP contribution in [0.25, 0.3) is 0 Å². The first kappa shape index (κ1) is 80.6. The third kappa shape index (κ3) is 19.2. The molecule has 0 bridgehead atoms. The van der Waals surface area contributed by atoms with Crippen LogP contribution < -0.4 is 21.3 Å². The Morgan fingerprint density at radius 1 is 0.653 bits per heavy atom. The van der Waals surface area contributed by atoms with Crippen LogP contribution in [0.2, 0.25) is 5.02 Å². The predicted octanol–water partition coefficient (Wildman–Crippen LogP) is 7.16. The first-order valence-electron chi connectivity index (χ1n) is 34.7. The molecule has 5 aliphatic rings. The number of amides is 11. The van der Waals surface area contributed by atoms with Gasteiger partial charge in [-0.3, -0.25) is 52.7 Å². The second-order valence-corrected chi connectivity index (χ2v) is 28.9.